The van der Waals surface area contributed by atoms with Gasteiger partial charge in [0.25, 0.3) is 11.8 Å². The lowest BCUT2D eigenvalue weighted by atomic mass is 10.2. The second-order valence-electron chi connectivity index (χ2n) is 7.26. The molecule has 0 bridgehead atoms. The van der Waals surface area contributed by atoms with Crippen LogP contribution in [0.4, 0.5) is 0 Å². The predicted molar refractivity (Wildman–Crippen MR) is 110 cm³/mol. The van der Waals surface area contributed by atoms with Crippen LogP contribution in [0.5, 0.6) is 11.5 Å². The van der Waals surface area contributed by atoms with Gasteiger partial charge in [-0.15, -0.1) is 0 Å². The summed E-state index contributed by atoms with van der Waals surface area (Å²) in [7, 11) is 1.48. The van der Waals surface area contributed by atoms with Crippen molar-refractivity contribution < 1.29 is 33.0 Å². The summed E-state index contributed by atoms with van der Waals surface area (Å²) in [5.41, 5.74) is 0.259. The largest absolute Gasteiger partial charge is 0.493 e. The van der Waals surface area contributed by atoms with Gasteiger partial charge >= 0.3 is 5.97 Å². The molecule has 1 aliphatic rings. The predicted octanol–water partition coefficient (Wildman–Crippen LogP) is 2.22. The molecule has 0 atom stereocenters. The minimum Gasteiger partial charge on any atom is -0.493 e. The number of rotatable bonds is 7. The molecule has 2 amide bonds. The van der Waals surface area contributed by atoms with Crippen LogP contribution in [0.15, 0.2) is 41.0 Å². The summed E-state index contributed by atoms with van der Waals surface area (Å²) in [6.45, 7) is 4.88. The van der Waals surface area contributed by atoms with E-state index in [-0.39, 0.29) is 35.8 Å². The van der Waals surface area contributed by atoms with Crippen molar-refractivity contribution in [3.05, 3.63) is 47.9 Å². The summed E-state index contributed by atoms with van der Waals surface area (Å²) in [5, 5.41) is 0. The van der Waals surface area contributed by atoms with E-state index in [2.05, 4.69) is 0 Å². The number of piperazine rings is 1. The molecular weight excluding hydrogens is 404 g/mol. The van der Waals surface area contributed by atoms with E-state index in [0.29, 0.717) is 37.7 Å². The normalized spacial score (nSPS) is 13.8. The fourth-order valence-electron chi connectivity index (χ4n) is 3.16. The van der Waals surface area contributed by atoms with Crippen LogP contribution in [0.25, 0.3) is 0 Å². The SMILES string of the molecule is COc1cc(C(=O)OCC(=O)N2CCN(C(=O)c3ccco3)CC2)ccc1OC(C)C. The van der Waals surface area contributed by atoms with Crippen molar-refractivity contribution >= 4 is 17.8 Å². The number of ether oxygens (including phenoxy) is 3. The third-order valence-corrected chi connectivity index (χ3v) is 4.74. The van der Waals surface area contributed by atoms with Crippen LogP contribution in [0.1, 0.15) is 34.8 Å². The Morgan fingerprint density at radius 1 is 1.03 bits per heavy atom. The van der Waals surface area contributed by atoms with Gasteiger partial charge in [0.05, 0.1) is 25.0 Å². The molecule has 1 aromatic heterocycles. The average Bonchev–Trinajstić information content (AvgIpc) is 3.31. The van der Waals surface area contributed by atoms with Gasteiger partial charge in [0, 0.05) is 26.2 Å². The molecule has 1 aliphatic heterocycles. The Kier molecular flexibility index (Phi) is 7.17. The zero-order chi connectivity index (χ0) is 22.4. The average molecular weight is 430 g/mol. The van der Waals surface area contributed by atoms with Gasteiger partial charge in [0.2, 0.25) is 0 Å². The van der Waals surface area contributed by atoms with Crippen molar-refractivity contribution in [1.29, 1.82) is 0 Å². The molecular formula is C22H26N2O7. The van der Waals surface area contributed by atoms with Crippen LogP contribution in [0, 0.1) is 0 Å². The molecule has 0 unspecified atom stereocenters. The molecule has 2 heterocycles. The summed E-state index contributed by atoms with van der Waals surface area (Å²) in [6, 6.07) is 7.97. The number of carbonyl (C=O) groups is 3. The Labute approximate surface area is 180 Å². The van der Waals surface area contributed by atoms with Gasteiger partial charge in [-0.1, -0.05) is 0 Å². The Bertz CT molecular complexity index is 916. The molecule has 0 saturated carbocycles. The van der Waals surface area contributed by atoms with Crippen molar-refractivity contribution in [2.45, 2.75) is 20.0 Å². The fourth-order valence-corrected chi connectivity index (χ4v) is 3.16. The molecule has 0 radical (unpaired) electrons. The van der Waals surface area contributed by atoms with E-state index in [1.54, 1.807) is 34.1 Å². The van der Waals surface area contributed by atoms with Crippen molar-refractivity contribution in [3.63, 3.8) is 0 Å². The van der Waals surface area contributed by atoms with Crippen LogP contribution in [-0.2, 0) is 9.53 Å². The summed E-state index contributed by atoms with van der Waals surface area (Å²) in [5.74, 6) is 0.0507. The highest BCUT2D eigenvalue weighted by atomic mass is 16.5. The molecule has 3 rings (SSSR count). The first-order valence-corrected chi connectivity index (χ1v) is 10.0. The standard InChI is InChI=1S/C22H26N2O7/c1-15(2)31-17-7-6-16(13-19(17)28-3)22(27)30-14-20(25)23-8-10-24(11-9-23)21(26)18-5-4-12-29-18/h4-7,12-13,15H,8-11,14H2,1-3H3. The summed E-state index contributed by atoms with van der Waals surface area (Å²) >= 11 is 0. The molecule has 0 N–H and O–H groups in total. The van der Waals surface area contributed by atoms with Gasteiger partial charge in [0.15, 0.2) is 23.9 Å². The molecule has 9 heteroatoms. The molecule has 166 valence electrons. The topological polar surface area (TPSA) is 98.5 Å². The van der Waals surface area contributed by atoms with E-state index in [0.717, 1.165) is 0 Å². The maximum absolute atomic E-state index is 12.4. The summed E-state index contributed by atoms with van der Waals surface area (Å²) in [4.78, 5) is 40.3. The molecule has 1 saturated heterocycles. The first kappa shape index (κ1) is 22.2. The highest BCUT2D eigenvalue weighted by Crippen LogP contribution is 2.29. The van der Waals surface area contributed by atoms with Crippen LogP contribution >= 0.6 is 0 Å². The number of amides is 2. The monoisotopic (exact) mass is 430 g/mol. The molecule has 1 fully saturated rings. The highest BCUT2D eigenvalue weighted by Gasteiger charge is 2.26. The first-order chi connectivity index (χ1) is 14.9. The fraction of sp³-hybridized carbons (Fsp3) is 0.409. The van der Waals surface area contributed by atoms with Crippen LogP contribution in [-0.4, -0.2) is 73.6 Å². The highest BCUT2D eigenvalue weighted by molar-refractivity contribution is 5.93. The number of hydrogen-bond donors (Lipinski definition) is 0. The van der Waals surface area contributed by atoms with E-state index in [9.17, 15) is 14.4 Å². The number of nitrogens with zero attached hydrogens (tertiary/aromatic N) is 2. The van der Waals surface area contributed by atoms with Gasteiger partial charge in [-0.25, -0.2) is 4.79 Å². The zero-order valence-corrected chi connectivity index (χ0v) is 17.8. The lowest BCUT2D eigenvalue weighted by molar-refractivity contribution is -0.136. The number of esters is 1. The van der Waals surface area contributed by atoms with Gasteiger partial charge < -0.3 is 28.4 Å². The summed E-state index contributed by atoms with van der Waals surface area (Å²) < 4.78 is 21.2. The zero-order valence-electron chi connectivity index (χ0n) is 17.8. The van der Waals surface area contributed by atoms with Crippen LogP contribution in [0.3, 0.4) is 0 Å². The Morgan fingerprint density at radius 3 is 2.35 bits per heavy atom. The Morgan fingerprint density at radius 2 is 1.74 bits per heavy atom. The van der Waals surface area contributed by atoms with Crippen molar-refractivity contribution in [2.24, 2.45) is 0 Å². The number of hydrogen-bond acceptors (Lipinski definition) is 7. The third-order valence-electron chi connectivity index (χ3n) is 4.74. The number of carbonyl (C=O) groups excluding carboxylic acids is 3. The molecule has 0 spiro atoms. The smallest absolute Gasteiger partial charge is 0.338 e. The lowest BCUT2D eigenvalue weighted by Crippen LogP contribution is -2.51. The van der Waals surface area contributed by atoms with E-state index >= 15 is 0 Å². The maximum Gasteiger partial charge on any atom is 0.338 e. The van der Waals surface area contributed by atoms with Gasteiger partial charge in [-0.2, -0.15) is 0 Å². The minimum absolute atomic E-state index is 0.0424. The third kappa shape index (κ3) is 5.56. The number of furan rings is 1. The molecule has 2 aromatic rings. The quantitative estimate of drug-likeness (QED) is 0.621. The van der Waals surface area contributed by atoms with Crippen molar-refractivity contribution in [3.8, 4) is 11.5 Å². The molecule has 9 nitrogen and oxygen atoms in total. The minimum atomic E-state index is -0.630. The first-order valence-electron chi connectivity index (χ1n) is 10.0. The summed E-state index contributed by atoms with van der Waals surface area (Å²) in [6.07, 6.45) is 1.40. The van der Waals surface area contributed by atoms with Crippen LogP contribution in [0.2, 0.25) is 0 Å². The second kappa shape index (κ2) is 10.0. The van der Waals surface area contributed by atoms with Crippen molar-refractivity contribution in [1.82, 2.24) is 9.80 Å². The van der Waals surface area contributed by atoms with Gasteiger partial charge in [0.1, 0.15) is 0 Å². The van der Waals surface area contributed by atoms with Crippen molar-refractivity contribution in [2.75, 3.05) is 39.9 Å². The van der Waals surface area contributed by atoms with Gasteiger partial charge in [-0.05, 0) is 44.2 Å². The molecule has 31 heavy (non-hydrogen) atoms. The maximum atomic E-state index is 12.4. The Hall–Kier alpha value is -3.49. The van der Waals surface area contributed by atoms with E-state index in [1.165, 1.54) is 19.4 Å². The van der Waals surface area contributed by atoms with E-state index in [1.807, 2.05) is 13.8 Å². The molecule has 0 aliphatic carbocycles. The van der Waals surface area contributed by atoms with E-state index < -0.39 is 5.97 Å². The Balaban J connectivity index is 1.49. The van der Waals surface area contributed by atoms with Crippen LogP contribution < -0.4 is 9.47 Å². The van der Waals surface area contributed by atoms with E-state index in [4.69, 9.17) is 18.6 Å². The van der Waals surface area contributed by atoms with Gasteiger partial charge in [-0.3, -0.25) is 9.59 Å². The second-order valence-corrected chi connectivity index (χ2v) is 7.26. The number of benzene rings is 1. The number of methoxy groups -OCH3 is 1. The lowest BCUT2D eigenvalue weighted by Gasteiger charge is -2.34. The molecule has 1 aromatic carbocycles.